The van der Waals surface area contributed by atoms with Gasteiger partial charge in [-0.15, -0.1) is 0 Å². The van der Waals surface area contributed by atoms with Crippen molar-refractivity contribution in [2.45, 2.75) is 24.2 Å². The predicted octanol–water partition coefficient (Wildman–Crippen LogP) is 3.57. The van der Waals surface area contributed by atoms with Crippen molar-refractivity contribution in [3.8, 4) is 0 Å². The summed E-state index contributed by atoms with van der Waals surface area (Å²) in [6.45, 7) is 1.19. The first-order valence-corrected chi connectivity index (χ1v) is 12.4. The van der Waals surface area contributed by atoms with Crippen molar-refractivity contribution < 1.29 is 8.42 Å². The largest absolute Gasteiger partial charge is 0.377 e. The second kappa shape index (κ2) is 9.21. The van der Waals surface area contributed by atoms with Crippen molar-refractivity contribution in [2.75, 3.05) is 37.4 Å². The molecule has 0 amide bonds. The first-order chi connectivity index (χ1) is 15.0. The number of aromatic nitrogens is 3. The van der Waals surface area contributed by atoms with E-state index in [0.29, 0.717) is 11.4 Å². The molecule has 0 aliphatic rings. The van der Waals surface area contributed by atoms with E-state index < -0.39 is 10.0 Å². The van der Waals surface area contributed by atoms with Crippen LogP contribution in [0, 0.1) is 0 Å². The van der Waals surface area contributed by atoms with Crippen LogP contribution in [-0.2, 0) is 10.0 Å². The second-order valence-corrected chi connectivity index (χ2v) is 9.96. The first-order valence-electron chi connectivity index (χ1n) is 10.2. The van der Waals surface area contributed by atoms with E-state index in [1.165, 1.54) is 11.5 Å². The van der Waals surface area contributed by atoms with Gasteiger partial charge in [0.15, 0.2) is 0 Å². The summed E-state index contributed by atoms with van der Waals surface area (Å²) in [4.78, 5) is 7.38. The Morgan fingerprint density at radius 2 is 1.81 bits per heavy atom. The Hall–Kier alpha value is -2.69. The molecule has 2 N–H and O–H groups in total. The number of hydrogen-bond acceptors (Lipinski definition) is 7. The number of imidazole rings is 1. The molecule has 0 aliphatic heterocycles. The third-order valence-electron chi connectivity index (χ3n) is 5.11. The van der Waals surface area contributed by atoms with E-state index in [4.69, 9.17) is 0 Å². The Morgan fingerprint density at radius 1 is 1.03 bits per heavy atom. The summed E-state index contributed by atoms with van der Waals surface area (Å²) in [5, 5.41) is 4.96. The van der Waals surface area contributed by atoms with Crippen molar-refractivity contribution in [1.29, 1.82) is 0 Å². The maximum atomic E-state index is 12.9. The lowest BCUT2D eigenvalue weighted by Crippen LogP contribution is -2.25. The van der Waals surface area contributed by atoms with E-state index in [-0.39, 0.29) is 0 Å². The average molecular weight is 459 g/mol. The molecule has 0 aliphatic carbocycles. The number of hydrogen-bond donors (Lipinski definition) is 2. The Balaban J connectivity index is 1.29. The molecule has 0 saturated carbocycles. The van der Waals surface area contributed by atoms with Crippen LogP contribution in [-0.4, -0.2) is 49.4 Å². The monoisotopic (exact) mass is 458 g/mol. The Labute approximate surface area is 186 Å². The number of nitrogens with one attached hydrogen (secondary N) is 2. The maximum Gasteiger partial charge on any atom is 0.241 e. The van der Waals surface area contributed by atoms with Crippen LogP contribution in [0.2, 0.25) is 0 Å². The van der Waals surface area contributed by atoms with Gasteiger partial charge in [0.25, 0.3) is 0 Å². The lowest BCUT2D eigenvalue weighted by atomic mass is 10.1. The standard InChI is InChI=1S/C21H26N6O2S2/c1-26(2)18-10-6-9-17-16(18)8-7-11-19(17)31(28,29)24-13-5-3-4-12-22-20-25-30-21-23-14-15-27(20)21/h6-11,14-15,24H,3-5,12-13H2,1-2H3,(H,22,25). The van der Waals surface area contributed by atoms with Gasteiger partial charge < -0.3 is 10.2 Å². The van der Waals surface area contributed by atoms with Gasteiger partial charge in [-0.3, -0.25) is 4.40 Å². The molecule has 164 valence electrons. The quantitative estimate of drug-likeness (QED) is 0.353. The number of nitrogens with zero attached hydrogens (tertiary/aromatic N) is 4. The molecule has 0 atom stereocenters. The van der Waals surface area contributed by atoms with Gasteiger partial charge in [-0.05, 0) is 25.0 Å². The van der Waals surface area contributed by atoms with Crippen LogP contribution in [0.3, 0.4) is 0 Å². The van der Waals surface area contributed by atoms with Crippen LogP contribution in [0.5, 0.6) is 0 Å². The summed E-state index contributed by atoms with van der Waals surface area (Å²) in [6.07, 6.45) is 6.24. The molecule has 0 unspecified atom stereocenters. The summed E-state index contributed by atoms with van der Waals surface area (Å²) in [7, 11) is 0.329. The highest BCUT2D eigenvalue weighted by Gasteiger charge is 2.18. The molecule has 10 heteroatoms. The normalized spacial score (nSPS) is 11.9. The van der Waals surface area contributed by atoms with Gasteiger partial charge >= 0.3 is 0 Å². The molecular weight excluding hydrogens is 432 g/mol. The SMILES string of the molecule is CN(C)c1cccc2c(S(=O)(=O)NCCCCCNc3nsc4nccn34)cccc12. The maximum absolute atomic E-state index is 12.9. The van der Waals surface area contributed by atoms with E-state index in [1.54, 1.807) is 18.3 Å². The topological polar surface area (TPSA) is 91.6 Å². The summed E-state index contributed by atoms with van der Waals surface area (Å²) >= 11 is 1.36. The van der Waals surface area contributed by atoms with Crippen molar-refractivity contribution in [3.63, 3.8) is 0 Å². The highest BCUT2D eigenvalue weighted by atomic mass is 32.2. The van der Waals surface area contributed by atoms with Crippen LogP contribution in [0.1, 0.15) is 19.3 Å². The summed E-state index contributed by atoms with van der Waals surface area (Å²) < 4.78 is 34.8. The van der Waals surface area contributed by atoms with Gasteiger partial charge in [-0.25, -0.2) is 18.1 Å². The highest BCUT2D eigenvalue weighted by molar-refractivity contribution is 7.89. The minimum absolute atomic E-state index is 0.322. The summed E-state index contributed by atoms with van der Waals surface area (Å²) in [5.41, 5.74) is 0.995. The fourth-order valence-corrected chi connectivity index (χ4v) is 5.52. The zero-order chi connectivity index (χ0) is 21.8. The van der Waals surface area contributed by atoms with Gasteiger partial charge in [-0.2, -0.15) is 4.37 Å². The number of anilines is 2. The molecule has 2 aromatic carbocycles. The molecule has 8 nitrogen and oxygen atoms in total. The number of rotatable bonds is 10. The molecule has 2 aromatic heterocycles. The van der Waals surface area contributed by atoms with Crippen LogP contribution in [0.25, 0.3) is 15.7 Å². The number of fused-ring (bicyclic) bond motifs is 2. The third kappa shape index (κ3) is 4.65. The lowest BCUT2D eigenvalue weighted by Gasteiger charge is -2.17. The smallest absolute Gasteiger partial charge is 0.241 e. The van der Waals surface area contributed by atoms with E-state index in [9.17, 15) is 8.42 Å². The first kappa shape index (κ1) is 21.5. The number of unbranched alkanes of at least 4 members (excludes halogenated alkanes) is 2. The Kier molecular flexibility index (Phi) is 6.40. The third-order valence-corrected chi connectivity index (χ3v) is 7.36. The Morgan fingerprint density at radius 3 is 2.65 bits per heavy atom. The van der Waals surface area contributed by atoms with Crippen molar-refractivity contribution in [3.05, 3.63) is 48.8 Å². The van der Waals surface area contributed by atoms with Crippen LogP contribution >= 0.6 is 11.5 Å². The fourth-order valence-electron chi connectivity index (χ4n) is 3.56. The minimum Gasteiger partial charge on any atom is -0.377 e. The molecule has 0 fully saturated rings. The van der Waals surface area contributed by atoms with Crippen LogP contribution < -0.4 is 14.9 Å². The number of sulfonamides is 1. The highest BCUT2D eigenvalue weighted by Crippen LogP contribution is 2.30. The zero-order valence-electron chi connectivity index (χ0n) is 17.6. The zero-order valence-corrected chi connectivity index (χ0v) is 19.2. The van der Waals surface area contributed by atoms with Crippen molar-refractivity contribution in [2.24, 2.45) is 0 Å². The van der Waals surface area contributed by atoms with Crippen molar-refractivity contribution >= 4 is 48.9 Å². The van der Waals surface area contributed by atoms with Crippen molar-refractivity contribution in [1.82, 2.24) is 18.5 Å². The second-order valence-electron chi connectivity index (χ2n) is 7.49. The van der Waals surface area contributed by atoms with Gasteiger partial charge in [0.1, 0.15) is 0 Å². The molecule has 4 rings (SSSR count). The minimum atomic E-state index is -3.58. The summed E-state index contributed by atoms with van der Waals surface area (Å²) in [5.74, 6) is 0.797. The molecule has 0 spiro atoms. The summed E-state index contributed by atoms with van der Waals surface area (Å²) in [6, 6.07) is 11.2. The van der Waals surface area contributed by atoms with Gasteiger partial charge in [0, 0.05) is 67.6 Å². The fraction of sp³-hybridized carbons (Fsp3) is 0.333. The molecule has 31 heavy (non-hydrogen) atoms. The predicted molar refractivity (Wildman–Crippen MR) is 127 cm³/mol. The lowest BCUT2D eigenvalue weighted by molar-refractivity contribution is 0.576. The molecule has 2 heterocycles. The molecule has 4 aromatic rings. The molecule has 0 bridgehead atoms. The Bertz CT molecular complexity index is 1280. The van der Waals surface area contributed by atoms with Crippen LogP contribution in [0.4, 0.5) is 11.6 Å². The molecule has 0 saturated heterocycles. The average Bonchev–Trinajstić information content (AvgIpc) is 3.36. The van der Waals surface area contributed by atoms with E-state index in [2.05, 4.69) is 19.4 Å². The molecule has 0 radical (unpaired) electrons. The van der Waals surface area contributed by atoms with Gasteiger partial charge in [0.2, 0.25) is 20.9 Å². The number of benzene rings is 2. The van der Waals surface area contributed by atoms with E-state index in [0.717, 1.165) is 53.2 Å². The molecular formula is C21H26N6O2S2. The van der Waals surface area contributed by atoms with Crippen LogP contribution in [0.15, 0.2) is 53.7 Å². The van der Waals surface area contributed by atoms with Gasteiger partial charge in [-0.1, -0.05) is 30.7 Å². The van der Waals surface area contributed by atoms with E-state index in [1.807, 2.05) is 53.9 Å². The van der Waals surface area contributed by atoms with E-state index >= 15 is 0 Å². The van der Waals surface area contributed by atoms with Gasteiger partial charge in [0.05, 0.1) is 4.90 Å².